The van der Waals surface area contributed by atoms with Crippen molar-refractivity contribution in [3.8, 4) is 0 Å². The molecule has 2 amide bonds. The van der Waals surface area contributed by atoms with E-state index in [0.717, 1.165) is 32.1 Å². The Kier molecular flexibility index (Phi) is 6.55. The van der Waals surface area contributed by atoms with Gasteiger partial charge in [0, 0.05) is 35.8 Å². The lowest BCUT2D eigenvalue weighted by atomic mass is 10.1. The third-order valence-electron chi connectivity index (χ3n) is 5.39. The van der Waals surface area contributed by atoms with Crippen LogP contribution in [0.15, 0.2) is 58.4 Å². The predicted octanol–water partition coefficient (Wildman–Crippen LogP) is 3.54. The number of nitrogens with zero attached hydrogens (tertiary/aromatic N) is 1. The van der Waals surface area contributed by atoms with Gasteiger partial charge in [-0.15, -0.1) is 0 Å². The highest BCUT2D eigenvalue weighted by molar-refractivity contribution is 7.90. The molecule has 8 nitrogen and oxygen atoms in total. The quantitative estimate of drug-likeness (QED) is 0.619. The monoisotopic (exact) mass is 454 g/mol. The SMILES string of the molecule is O=C(Nc1ccc(S(=O)(=O)NC2=NCCCCC2)cc1)c1cccc(NC(=O)C2CC2)c1. The number of carbonyl (C=O) groups excluding carboxylic acids is 2. The third kappa shape index (κ3) is 5.73. The summed E-state index contributed by atoms with van der Waals surface area (Å²) in [5.74, 6) is 0.191. The lowest BCUT2D eigenvalue weighted by Gasteiger charge is -2.11. The number of nitrogens with one attached hydrogen (secondary N) is 3. The Morgan fingerprint density at radius 3 is 2.44 bits per heavy atom. The number of rotatable bonds is 6. The van der Waals surface area contributed by atoms with Gasteiger partial charge in [0.25, 0.3) is 15.9 Å². The Morgan fingerprint density at radius 2 is 1.69 bits per heavy atom. The molecule has 32 heavy (non-hydrogen) atoms. The molecule has 168 valence electrons. The van der Waals surface area contributed by atoms with Crippen LogP contribution < -0.4 is 15.4 Å². The van der Waals surface area contributed by atoms with Crippen LogP contribution in [0.5, 0.6) is 0 Å². The highest BCUT2D eigenvalue weighted by atomic mass is 32.2. The van der Waals surface area contributed by atoms with Crippen LogP contribution >= 0.6 is 0 Å². The highest BCUT2D eigenvalue weighted by Crippen LogP contribution is 2.30. The molecule has 1 aliphatic carbocycles. The number of anilines is 2. The van der Waals surface area contributed by atoms with Crippen LogP contribution in [0.1, 0.15) is 48.9 Å². The van der Waals surface area contributed by atoms with Gasteiger partial charge >= 0.3 is 0 Å². The van der Waals surface area contributed by atoms with Gasteiger partial charge in [0.15, 0.2) is 0 Å². The van der Waals surface area contributed by atoms with Gasteiger partial charge < -0.3 is 10.6 Å². The van der Waals surface area contributed by atoms with Crippen molar-refractivity contribution in [1.82, 2.24) is 4.72 Å². The molecule has 0 radical (unpaired) electrons. The van der Waals surface area contributed by atoms with Gasteiger partial charge in [-0.05, 0) is 68.1 Å². The van der Waals surface area contributed by atoms with E-state index in [1.54, 1.807) is 36.4 Å². The summed E-state index contributed by atoms with van der Waals surface area (Å²) < 4.78 is 27.8. The summed E-state index contributed by atoms with van der Waals surface area (Å²) in [6.07, 6.45) is 5.35. The van der Waals surface area contributed by atoms with Crippen molar-refractivity contribution < 1.29 is 18.0 Å². The van der Waals surface area contributed by atoms with Crippen molar-refractivity contribution in [1.29, 1.82) is 0 Å². The molecule has 2 aromatic carbocycles. The average molecular weight is 455 g/mol. The largest absolute Gasteiger partial charge is 0.326 e. The molecule has 0 bridgehead atoms. The molecular formula is C23H26N4O4S. The first-order chi connectivity index (χ1) is 15.4. The number of hydrogen-bond acceptors (Lipinski definition) is 5. The van der Waals surface area contributed by atoms with Crippen molar-refractivity contribution in [2.75, 3.05) is 17.2 Å². The summed E-state index contributed by atoms with van der Waals surface area (Å²) in [7, 11) is -3.73. The number of amidine groups is 1. The van der Waals surface area contributed by atoms with E-state index in [0.29, 0.717) is 35.7 Å². The van der Waals surface area contributed by atoms with E-state index in [1.807, 2.05) is 0 Å². The van der Waals surface area contributed by atoms with Crippen LogP contribution in [-0.4, -0.2) is 32.6 Å². The zero-order valence-corrected chi connectivity index (χ0v) is 18.5. The minimum absolute atomic E-state index is 0.0252. The zero-order chi connectivity index (χ0) is 22.6. The summed E-state index contributed by atoms with van der Waals surface area (Å²) in [4.78, 5) is 28.9. The lowest BCUT2D eigenvalue weighted by Crippen LogP contribution is -2.30. The fourth-order valence-corrected chi connectivity index (χ4v) is 4.51. The first-order valence-corrected chi connectivity index (χ1v) is 12.3. The Morgan fingerprint density at radius 1 is 0.906 bits per heavy atom. The molecule has 0 spiro atoms. The Hall–Kier alpha value is -3.20. The van der Waals surface area contributed by atoms with Crippen molar-refractivity contribution in [3.63, 3.8) is 0 Å². The van der Waals surface area contributed by atoms with Gasteiger partial charge in [-0.2, -0.15) is 0 Å². The molecule has 1 aliphatic heterocycles. The summed E-state index contributed by atoms with van der Waals surface area (Å²) in [5, 5.41) is 5.57. The second-order valence-corrected chi connectivity index (χ2v) is 9.75. The van der Waals surface area contributed by atoms with Crippen LogP contribution in [-0.2, 0) is 14.8 Å². The molecule has 1 saturated carbocycles. The van der Waals surface area contributed by atoms with Crippen molar-refractivity contribution in [2.24, 2.45) is 10.9 Å². The standard InChI is InChI=1S/C23H26N4O4S/c28-22(16-8-9-16)26-19-6-4-5-17(15-19)23(29)25-18-10-12-20(13-11-18)32(30,31)27-21-7-2-1-3-14-24-21/h4-6,10-13,15-16H,1-3,7-9,14H2,(H,24,27)(H,25,29)(H,26,28). The number of benzene rings is 2. The third-order valence-corrected chi connectivity index (χ3v) is 6.79. The van der Waals surface area contributed by atoms with Gasteiger partial charge in [0.05, 0.1) is 4.90 Å². The maximum atomic E-state index is 12.6. The van der Waals surface area contributed by atoms with E-state index in [9.17, 15) is 18.0 Å². The number of carbonyl (C=O) groups is 2. The molecule has 3 N–H and O–H groups in total. The predicted molar refractivity (Wildman–Crippen MR) is 123 cm³/mol. The Bertz CT molecular complexity index is 1140. The molecule has 0 atom stereocenters. The molecule has 2 aromatic rings. The van der Waals surface area contributed by atoms with Gasteiger partial charge in [0.1, 0.15) is 5.84 Å². The zero-order valence-electron chi connectivity index (χ0n) is 17.6. The fourth-order valence-electron chi connectivity index (χ4n) is 3.42. The molecular weight excluding hydrogens is 428 g/mol. The van der Waals surface area contributed by atoms with E-state index in [-0.39, 0.29) is 22.6 Å². The maximum Gasteiger partial charge on any atom is 0.262 e. The molecule has 1 heterocycles. The molecule has 0 aromatic heterocycles. The Balaban J connectivity index is 1.39. The minimum Gasteiger partial charge on any atom is -0.326 e. The molecule has 0 unspecified atom stereocenters. The molecule has 2 aliphatic rings. The molecule has 1 fully saturated rings. The van der Waals surface area contributed by atoms with Gasteiger partial charge in [0.2, 0.25) is 5.91 Å². The van der Waals surface area contributed by atoms with E-state index in [2.05, 4.69) is 20.3 Å². The highest BCUT2D eigenvalue weighted by Gasteiger charge is 2.29. The van der Waals surface area contributed by atoms with Crippen molar-refractivity contribution in [3.05, 3.63) is 54.1 Å². The van der Waals surface area contributed by atoms with E-state index >= 15 is 0 Å². The first-order valence-electron chi connectivity index (χ1n) is 10.8. The van der Waals surface area contributed by atoms with Crippen LogP contribution in [0, 0.1) is 5.92 Å². The van der Waals surface area contributed by atoms with Gasteiger partial charge in [-0.1, -0.05) is 12.5 Å². The summed E-state index contributed by atoms with van der Waals surface area (Å²) in [6, 6.07) is 12.7. The molecule has 4 rings (SSSR count). The summed E-state index contributed by atoms with van der Waals surface area (Å²) in [5.41, 5.74) is 1.43. The number of sulfonamides is 1. The fraction of sp³-hybridized carbons (Fsp3) is 0.348. The van der Waals surface area contributed by atoms with Gasteiger partial charge in [-0.25, -0.2) is 8.42 Å². The van der Waals surface area contributed by atoms with Crippen molar-refractivity contribution >= 4 is 39.0 Å². The number of aliphatic imine (C=N–C) groups is 1. The smallest absolute Gasteiger partial charge is 0.262 e. The minimum atomic E-state index is -3.73. The number of hydrogen-bond donors (Lipinski definition) is 3. The van der Waals surface area contributed by atoms with E-state index in [1.165, 1.54) is 12.1 Å². The summed E-state index contributed by atoms with van der Waals surface area (Å²) >= 11 is 0. The second kappa shape index (κ2) is 9.52. The number of amides is 2. The maximum absolute atomic E-state index is 12.6. The Labute approximate surface area is 187 Å². The first kappa shape index (κ1) is 22.0. The average Bonchev–Trinajstić information content (AvgIpc) is 3.62. The van der Waals surface area contributed by atoms with E-state index < -0.39 is 10.0 Å². The van der Waals surface area contributed by atoms with Crippen LogP contribution in [0.3, 0.4) is 0 Å². The topological polar surface area (TPSA) is 117 Å². The van der Waals surface area contributed by atoms with Crippen LogP contribution in [0.25, 0.3) is 0 Å². The lowest BCUT2D eigenvalue weighted by molar-refractivity contribution is -0.117. The summed E-state index contributed by atoms with van der Waals surface area (Å²) in [6.45, 7) is 0.633. The van der Waals surface area contributed by atoms with Crippen molar-refractivity contribution in [2.45, 2.75) is 43.4 Å². The molecule has 0 saturated heterocycles. The van der Waals surface area contributed by atoms with Crippen LogP contribution in [0.4, 0.5) is 11.4 Å². The van der Waals surface area contributed by atoms with E-state index in [4.69, 9.17) is 0 Å². The molecule has 9 heteroatoms. The normalized spacial score (nSPS) is 16.4. The van der Waals surface area contributed by atoms with Crippen LogP contribution in [0.2, 0.25) is 0 Å². The van der Waals surface area contributed by atoms with Gasteiger partial charge in [-0.3, -0.25) is 19.3 Å². The second-order valence-electron chi connectivity index (χ2n) is 8.07.